The number of hydrogen-bond acceptors (Lipinski definition) is 5. The molecule has 0 radical (unpaired) electrons. The summed E-state index contributed by atoms with van der Waals surface area (Å²) in [5.74, 6) is -3.01. The first-order valence-electron chi connectivity index (χ1n) is 8.27. The zero-order valence-electron chi connectivity index (χ0n) is 14.6. The Labute approximate surface area is 159 Å². The van der Waals surface area contributed by atoms with Gasteiger partial charge in [0.25, 0.3) is 11.8 Å². The van der Waals surface area contributed by atoms with Gasteiger partial charge in [-0.15, -0.1) is 0 Å². The van der Waals surface area contributed by atoms with E-state index in [2.05, 4.69) is 5.32 Å². The van der Waals surface area contributed by atoms with Crippen LogP contribution in [0, 0.1) is 0 Å². The Hall–Kier alpha value is -4.01. The Bertz CT molecular complexity index is 963. The fourth-order valence-corrected chi connectivity index (χ4v) is 2.86. The molecule has 0 spiro atoms. The summed E-state index contributed by atoms with van der Waals surface area (Å²) in [6.07, 6.45) is -0.168. The number of nitrogens with zero attached hydrogens (tertiary/aromatic N) is 1. The van der Waals surface area contributed by atoms with Crippen molar-refractivity contribution in [1.82, 2.24) is 4.90 Å². The summed E-state index contributed by atoms with van der Waals surface area (Å²) in [5.41, 5.74) is 11.2. The van der Waals surface area contributed by atoms with Crippen LogP contribution in [-0.2, 0) is 4.79 Å². The second-order valence-corrected chi connectivity index (χ2v) is 6.13. The van der Waals surface area contributed by atoms with E-state index in [1.165, 1.54) is 18.2 Å². The fraction of sp³-hybridized carbons (Fsp3) is 0.105. The molecule has 142 valence electrons. The number of nitrogens with one attached hydrogen (secondary N) is 1. The molecular formula is C19H16N4O5. The lowest BCUT2D eigenvalue weighted by molar-refractivity contribution is -0.116. The lowest BCUT2D eigenvalue weighted by Gasteiger charge is -2.14. The van der Waals surface area contributed by atoms with Crippen LogP contribution in [0.2, 0.25) is 0 Å². The number of carbonyl (C=O) groups excluding carboxylic acids is 5. The summed E-state index contributed by atoms with van der Waals surface area (Å²) in [5, 5.41) is 2.50. The maximum atomic E-state index is 12.3. The van der Waals surface area contributed by atoms with Gasteiger partial charge in [0.2, 0.25) is 17.7 Å². The topological polar surface area (TPSA) is 153 Å². The SMILES string of the molecule is NC(=O)c1cc(NC(=O)CCN2C(=O)c3ccccc3C2=O)cc(C(N)=O)c1. The molecule has 0 atom stereocenters. The van der Waals surface area contributed by atoms with E-state index in [1.807, 2.05) is 0 Å². The number of hydrogen-bond donors (Lipinski definition) is 3. The van der Waals surface area contributed by atoms with E-state index in [4.69, 9.17) is 11.5 Å². The molecule has 0 bridgehead atoms. The van der Waals surface area contributed by atoms with E-state index in [1.54, 1.807) is 24.3 Å². The number of nitrogens with two attached hydrogens (primary N) is 2. The minimum absolute atomic E-state index is 0.00643. The van der Waals surface area contributed by atoms with Crippen molar-refractivity contribution in [2.24, 2.45) is 11.5 Å². The first-order chi connectivity index (χ1) is 13.3. The molecule has 2 aromatic rings. The van der Waals surface area contributed by atoms with Gasteiger partial charge in [0, 0.05) is 29.8 Å². The van der Waals surface area contributed by atoms with Crippen LogP contribution >= 0.6 is 0 Å². The van der Waals surface area contributed by atoms with Crippen LogP contribution < -0.4 is 16.8 Å². The summed E-state index contributed by atoms with van der Waals surface area (Å²) in [7, 11) is 0. The van der Waals surface area contributed by atoms with Gasteiger partial charge < -0.3 is 16.8 Å². The van der Waals surface area contributed by atoms with E-state index in [0.717, 1.165) is 4.90 Å². The highest BCUT2D eigenvalue weighted by Crippen LogP contribution is 2.22. The molecule has 28 heavy (non-hydrogen) atoms. The number of anilines is 1. The third-order valence-electron chi connectivity index (χ3n) is 4.23. The monoisotopic (exact) mass is 380 g/mol. The van der Waals surface area contributed by atoms with Crippen molar-refractivity contribution < 1.29 is 24.0 Å². The number of primary amides is 2. The number of imide groups is 1. The summed E-state index contributed by atoms with van der Waals surface area (Å²) < 4.78 is 0. The highest BCUT2D eigenvalue weighted by Gasteiger charge is 2.34. The van der Waals surface area contributed by atoms with Gasteiger partial charge in [0.05, 0.1) is 11.1 Å². The molecule has 5 N–H and O–H groups in total. The Balaban J connectivity index is 1.69. The van der Waals surface area contributed by atoms with Crippen LogP contribution in [0.15, 0.2) is 42.5 Å². The molecule has 3 rings (SSSR count). The van der Waals surface area contributed by atoms with Gasteiger partial charge in [0.1, 0.15) is 0 Å². The van der Waals surface area contributed by atoms with Crippen LogP contribution in [0.4, 0.5) is 5.69 Å². The lowest BCUT2D eigenvalue weighted by atomic mass is 10.1. The van der Waals surface area contributed by atoms with E-state index in [0.29, 0.717) is 11.1 Å². The molecule has 1 aliphatic heterocycles. The van der Waals surface area contributed by atoms with Crippen molar-refractivity contribution in [3.63, 3.8) is 0 Å². The van der Waals surface area contributed by atoms with E-state index < -0.39 is 29.5 Å². The summed E-state index contributed by atoms with van der Waals surface area (Å²) in [4.78, 5) is 60.5. The van der Waals surface area contributed by atoms with Crippen molar-refractivity contribution in [2.45, 2.75) is 6.42 Å². The molecule has 9 nitrogen and oxygen atoms in total. The maximum absolute atomic E-state index is 12.3. The molecule has 2 aromatic carbocycles. The second kappa shape index (κ2) is 7.31. The lowest BCUT2D eigenvalue weighted by Crippen LogP contribution is -2.33. The van der Waals surface area contributed by atoms with E-state index >= 15 is 0 Å². The fourth-order valence-electron chi connectivity index (χ4n) is 2.86. The number of fused-ring (bicyclic) bond motifs is 1. The quantitative estimate of drug-likeness (QED) is 0.623. The Morgan fingerprint density at radius 3 is 1.82 bits per heavy atom. The molecule has 5 amide bonds. The standard InChI is InChI=1S/C19H16N4O5/c20-16(25)10-7-11(17(21)26)9-12(8-10)22-15(24)5-6-23-18(27)13-3-1-2-4-14(13)19(23)28/h1-4,7-9H,5-6H2,(H2,20,25)(H2,21,26)(H,22,24). The number of amides is 5. The van der Waals surface area contributed by atoms with Crippen LogP contribution in [0.1, 0.15) is 47.9 Å². The molecule has 0 unspecified atom stereocenters. The van der Waals surface area contributed by atoms with Gasteiger partial charge in [-0.05, 0) is 30.3 Å². The smallest absolute Gasteiger partial charge is 0.261 e. The van der Waals surface area contributed by atoms with Crippen molar-refractivity contribution >= 4 is 35.2 Å². The van der Waals surface area contributed by atoms with E-state index in [-0.39, 0.29) is 29.8 Å². The maximum Gasteiger partial charge on any atom is 0.261 e. The van der Waals surface area contributed by atoms with Gasteiger partial charge in [-0.25, -0.2) is 0 Å². The van der Waals surface area contributed by atoms with Crippen molar-refractivity contribution in [3.8, 4) is 0 Å². The molecular weight excluding hydrogens is 364 g/mol. The Kier molecular flexibility index (Phi) is 4.90. The van der Waals surface area contributed by atoms with Crippen LogP contribution in [-0.4, -0.2) is 41.0 Å². The zero-order valence-corrected chi connectivity index (χ0v) is 14.6. The molecule has 0 saturated heterocycles. The van der Waals surface area contributed by atoms with Crippen LogP contribution in [0.3, 0.4) is 0 Å². The Morgan fingerprint density at radius 1 is 0.857 bits per heavy atom. The average molecular weight is 380 g/mol. The van der Waals surface area contributed by atoms with Gasteiger partial charge in [-0.2, -0.15) is 0 Å². The van der Waals surface area contributed by atoms with Crippen molar-refractivity contribution in [2.75, 3.05) is 11.9 Å². The van der Waals surface area contributed by atoms with Crippen molar-refractivity contribution in [1.29, 1.82) is 0 Å². The van der Waals surface area contributed by atoms with Gasteiger partial charge in [-0.3, -0.25) is 28.9 Å². The summed E-state index contributed by atoms with van der Waals surface area (Å²) >= 11 is 0. The minimum atomic E-state index is -0.787. The van der Waals surface area contributed by atoms with Crippen LogP contribution in [0.5, 0.6) is 0 Å². The highest BCUT2D eigenvalue weighted by molar-refractivity contribution is 6.21. The molecule has 0 aromatic heterocycles. The third-order valence-corrected chi connectivity index (χ3v) is 4.23. The predicted molar refractivity (Wildman–Crippen MR) is 98.5 cm³/mol. The molecule has 1 heterocycles. The predicted octanol–water partition coefficient (Wildman–Crippen LogP) is 0.509. The number of rotatable bonds is 6. The number of benzene rings is 2. The van der Waals surface area contributed by atoms with E-state index in [9.17, 15) is 24.0 Å². The van der Waals surface area contributed by atoms with Gasteiger partial charge in [0.15, 0.2) is 0 Å². The average Bonchev–Trinajstić information content (AvgIpc) is 2.90. The molecule has 0 saturated carbocycles. The molecule has 0 fully saturated rings. The summed E-state index contributed by atoms with van der Waals surface area (Å²) in [6.45, 7) is -0.115. The molecule has 0 aliphatic carbocycles. The zero-order chi connectivity index (χ0) is 20.4. The van der Waals surface area contributed by atoms with Gasteiger partial charge >= 0.3 is 0 Å². The first-order valence-corrected chi connectivity index (χ1v) is 8.27. The minimum Gasteiger partial charge on any atom is -0.366 e. The molecule has 1 aliphatic rings. The summed E-state index contributed by atoms with van der Waals surface area (Å²) in [6, 6.07) is 10.2. The molecule has 9 heteroatoms. The second-order valence-electron chi connectivity index (χ2n) is 6.13. The third kappa shape index (κ3) is 3.58. The highest BCUT2D eigenvalue weighted by atomic mass is 16.2. The first kappa shape index (κ1) is 18.8. The van der Waals surface area contributed by atoms with Crippen molar-refractivity contribution in [3.05, 3.63) is 64.7 Å². The van der Waals surface area contributed by atoms with Crippen LogP contribution in [0.25, 0.3) is 0 Å². The number of carbonyl (C=O) groups is 5. The normalized spacial score (nSPS) is 12.6. The Morgan fingerprint density at radius 2 is 1.36 bits per heavy atom. The largest absolute Gasteiger partial charge is 0.366 e. The van der Waals surface area contributed by atoms with Gasteiger partial charge in [-0.1, -0.05) is 12.1 Å².